The first-order valence-corrected chi connectivity index (χ1v) is 9.37. The highest BCUT2D eigenvalue weighted by atomic mass is 79.9. The second-order valence-corrected chi connectivity index (χ2v) is 7.18. The molecule has 0 bridgehead atoms. The highest BCUT2D eigenvalue weighted by molar-refractivity contribution is 9.10. The van der Waals surface area contributed by atoms with Crippen molar-refractivity contribution in [1.82, 2.24) is 10.6 Å². The van der Waals surface area contributed by atoms with E-state index in [0.29, 0.717) is 0 Å². The van der Waals surface area contributed by atoms with Gasteiger partial charge in [-0.1, -0.05) is 46.3 Å². The quantitative estimate of drug-likeness (QED) is 0.636. The maximum Gasteiger partial charge on any atom is 0.315 e. The number of halogens is 1. The van der Waals surface area contributed by atoms with E-state index in [1.807, 2.05) is 50.2 Å². The molecule has 2 aromatic rings. The van der Waals surface area contributed by atoms with Crippen LogP contribution in [-0.4, -0.2) is 24.5 Å². The molecule has 2 aromatic carbocycles. The molecule has 1 atom stereocenters. The second-order valence-electron chi connectivity index (χ2n) is 6.26. The van der Waals surface area contributed by atoms with Gasteiger partial charge in [-0.15, -0.1) is 0 Å². The van der Waals surface area contributed by atoms with Crippen molar-refractivity contribution in [2.75, 3.05) is 11.9 Å². The molecule has 138 valence electrons. The van der Waals surface area contributed by atoms with Gasteiger partial charge < -0.3 is 16.0 Å². The summed E-state index contributed by atoms with van der Waals surface area (Å²) in [5.41, 5.74) is 2.93. The van der Waals surface area contributed by atoms with E-state index in [4.69, 9.17) is 0 Å². The highest BCUT2D eigenvalue weighted by Crippen LogP contribution is 2.19. The molecule has 0 unspecified atom stereocenters. The summed E-state index contributed by atoms with van der Waals surface area (Å²) in [6.45, 7) is 3.79. The maximum absolute atomic E-state index is 12.0. The Hall–Kier alpha value is -2.34. The highest BCUT2D eigenvalue weighted by Gasteiger charge is 2.10. The van der Waals surface area contributed by atoms with Gasteiger partial charge >= 0.3 is 6.03 Å². The third-order valence-corrected chi connectivity index (χ3v) is 4.45. The van der Waals surface area contributed by atoms with Crippen molar-refractivity contribution in [1.29, 1.82) is 0 Å². The number of aryl methyl sites for hydroxylation is 2. The fourth-order valence-electron chi connectivity index (χ4n) is 2.50. The Bertz CT molecular complexity index is 750. The van der Waals surface area contributed by atoms with Gasteiger partial charge in [-0.3, -0.25) is 4.79 Å². The standard InChI is InChI=1S/C20H24BrN3O2/c1-14-12-17(21)10-11-18(14)24-19(25)13-22-20(26)23-15(2)8-9-16-6-4-3-5-7-16/h3-7,10-12,15H,8-9,13H2,1-2H3,(H,24,25)(H2,22,23,26)/t15-/m0/s1. The number of nitrogens with one attached hydrogen (secondary N) is 3. The van der Waals surface area contributed by atoms with Gasteiger partial charge in [0.2, 0.25) is 5.91 Å². The van der Waals surface area contributed by atoms with Crippen LogP contribution >= 0.6 is 15.9 Å². The van der Waals surface area contributed by atoms with Crippen molar-refractivity contribution in [3.05, 3.63) is 64.1 Å². The van der Waals surface area contributed by atoms with Crippen molar-refractivity contribution >= 4 is 33.6 Å². The molecule has 26 heavy (non-hydrogen) atoms. The number of urea groups is 1. The van der Waals surface area contributed by atoms with Crippen molar-refractivity contribution in [3.63, 3.8) is 0 Å². The van der Waals surface area contributed by atoms with Gasteiger partial charge in [0.05, 0.1) is 6.54 Å². The van der Waals surface area contributed by atoms with E-state index in [1.54, 1.807) is 0 Å². The maximum atomic E-state index is 12.0. The fourth-order valence-corrected chi connectivity index (χ4v) is 2.97. The van der Waals surface area contributed by atoms with E-state index in [0.717, 1.165) is 28.6 Å². The van der Waals surface area contributed by atoms with Gasteiger partial charge in [0.1, 0.15) is 0 Å². The van der Waals surface area contributed by atoms with E-state index in [2.05, 4.69) is 44.0 Å². The lowest BCUT2D eigenvalue weighted by Gasteiger charge is -2.15. The number of rotatable bonds is 7. The zero-order valence-electron chi connectivity index (χ0n) is 15.0. The number of benzene rings is 2. The van der Waals surface area contributed by atoms with Gasteiger partial charge in [0, 0.05) is 16.2 Å². The predicted octanol–water partition coefficient (Wildman–Crippen LogP) is 4.02. The Morgan fingerprint density at radius 3 is 2.54 bits per heavy atom. The van der Waals surface area contributed by atoms with Crippen LogP contribution in [0.1, 0.15) is 24.5 Å². The average Bonchev–Trinajstić information content (AvgIpc) is 2.61. The fraction of sp³-hybridized carbons (Fsp3) is 0.300. The zero-order chi connectivity index (χ0) is 18.9. The number of anilines is 1. The predicted molar refractivity (Wildman–Crippen MR) is 108 cm³/mol. The van der Waals surface area contributed by atoms with Gasteiger partial charge in [-0.05, 0) is 56.0 Å². The van der Waals surface area contributed by atoms with Gasteiger partial charge in [-0.25, -0.2) is 4.79 Å². The zero-order valence-corrected chi connectivity index (χ0v) is 16.6. The minimum atomic E-state index is -0.340. The molecule has 0 saturated carbocycles. The van der Waals surface area contributed by atoms with Crippen LogP contribution in [0.3, 0.4) is 0 Å². The summed E-state index contributed by atoms with van der Waals surface area (Å²) in [6.07, 6.45) is 1.73. The van der Waals surface area contributed by atoms with Gasteiger partial charge in [0.25, 0.3) is 0 Å². The van der Waals surface area contributed by atoms with E-state index in [1.165, 1.54) is 5.56 Å². The first-order chi connectivity index (χ1) is 12.4. The topological polar surface area (TPSA) is 70.2 Å². The molecule has 5 nitrogen and oxygen atoms in total. The Labute approximate surface area is 162 Å². The van der Waals surface area contributed by atoms with Crippen LogP contribution in [0, 0.1) is 6.92 Å². The van der Waals surface area contributed by atoms with Gasteiger partial charge in [0.15, 0.2) is 0 Å². The van der Waals surface area contributed by atoms with E-state index in [9.17, 15) is 9.59 Å². The molecular weight excluding hydrogens is 394 g/mol. The number of carbonyl (C=O) groups excluding carboxylic acids is 2. The molecule has 0 saturated heterocycles. The molecule has 0 aromatic heterocycles. The SMILES string of the molecule is Cc1cc(Br)ccc1NC(=O)CNC(=O)N[C@@H](C)CCc1ccccc1. The monoisotopic (exact) mass is 417 g/mol. The Morgan fingerprint density at radius 1 is 1.12 bits per heavy atom. The summed E-state index contributed by atoms with van der Waals surface area (Å²) in [5, 5.41) is 8.23. The van der Waals surface area contributed by atoms with Crippen molar-refractivity contribution < 1.29 is 9.59 Å². The van der Waals surface area contributed by atoms with Crippen LogP contribution in [0.4, 0.5) is 10.5 Å². The van der Waals surface area contributed by atoms with Crippen LogP contribution in [-0.2, 0) is 11.2 Å². The molecule has 0 aliphatic rings. The minimum Gasteiger partial charge on any atom is -0.336 e. The lowest BCUT2D eigenvalue weighted by molar-refractivity contribution is -0.115. The first kappa shape index (κ1) is 20.0. The second kappa shape index (κ2) is 9.97. The molecule has 0 aliphatic carbocycles. The van der Waals surface area contributed by atoms with Crippen molar-refractivity contribution in [3.8, 4) is 0 Å². The number of amides is 3. The van der Waals surface area contributed by atoms with Crippen LogP contribution < -0.4 is 16.0 Å². The summed E-state index contributed by atoms with van der Waals surface area (Å²) in [5.74, 6) is -0.262. The van der Waals surface area contributed by atoms with E-state index in [-0.39, 0.29) is 24.5 Å². The molecule has 6 heteroatoms. The smallest absolute Gasteiger partial charge is 0.315 e. The Balaban J connectivity index is 1.69. The van der Waals surface area contributed by atoms with Crippen LogP contribution in [0.2, 0.25) is 0 Å². The molecule has 2 rings (SSSR count). The number of carbonyl (C=O) groups is 2. The van der Waals surface area contributed by atoms with Crippen LogP contribution in [0.5, 0.6) is 0 Å². The molecule has 3 N–H and O–H groups in total. The summed E-state index contributed by atoms with van der Waals surface area (Å²) in [4.78, 5) is 23.9. The minimum absolute atomic E-state index is 0.0204. The van der Waals surface area contributed by atoms with E-state index >= 15 is 0 Å². The number of hydrogen-bond acceptors (Lipinski definition) is 2. The molecule has 0 fully saturated rings. The Morgan fingerprint density at radius 2 is 1.85 bits per heavy atom. The lowest BCUT2D eigenvalue weighted by atomic mass is 10.1. The third-order valence-electron chi connectivity index (χ3n) is 3.96. The molecule has 0 radical (unpaired) electrons. The molecule has 3 amide bonds. The van der Waals surface area contributed by atoms with Crippen molar-refractivity contribution in [2.24, 2.45) is 0 Å². The molecule has 0 heterocycles. The van der Waals surface area contributed by atoms with E-state index < -0.39 is 0 Å². The van der Waals surface area contributed by atoms with Crippen molar-refractivity contribution in [2.45, 2.75) is 32.7 Å². The normalized spacial score (nSPS) is 11.5. The summed E-state index contributed by atoms with van der Waals surface area (Å²) < 4.78 is 0.954. The lowest BCUT2D eigenvalue weighted by Crippen LogP contribution is -2.43. The Kier molecular flexibility index (Phi) is 7.66. The molecule has 0 aliphatic heterocycles. The van der Waals surface area contributed by atoms with Crippen LogP contribution in [0.15, 0.2) is 53.0 Å². The summed E-state index contributed by atoms with van der Waals surface area (Å²) >= 11 is 3.38. The number of hydrogen-bond donors (Lipinski definition) is 3. The average molecular weight is 418 g/mol. The first-order valence-electron chi connectivity index (χ1n) is 8.58. The van der Waals surface area contributed by atoms with Gasteiger partial charge in [-0.2, -0.15) is 0 Å². The summed E-state index contributed by atoms with van der Waals surface area (Å²) in [6, 6.07) is 15.4. The molecule has 0 spiro atoms. The summed E-state index contributed by atoms with van der Waals surface area (Å²) in [7, 11) is 0. The van der Waals surface area contributed by atoms with Crippen LogP contribution in [0.25, 0.3) is 0 Å². The third kappa shape index (κ3) is 6.88. The largest absolute Gasteiger partial charge is 0.336 e. The molecular formula is C20H24BrN3O2.